The number of rotatable bonds is 5. The van der Waals surface area contributed by atoms with E-state index in [9.17, 15) is 4.79 Å². The summed E-state index contributed by atoms with van der Waals surface area (Å²) >= 11 is 0. The molecule has 0 aliphatic carbocycles. The standard InChI is InChI=1S/C11H24N2O2/c1-6-11(5,8-12)13-9(14)7-15-10(2,3)4/h6-8,12H2,1-5H3,(H,13,14). The van der Waals surface area contributed by atoms with Gasteiger partial charge in [-0.05, 0) is 34.1 Å². The van der Waals surface area contributed by atoms with E-state index in [2.05, 4.69) is 5.32 Å². The average Bonchev–Trinajstić information content (AvgIpc) is 2.13. The SMILES string of the molecule is CCC(C)(CN)NC(=O)COC(C)(C)C. The van der Waals surface area contributed by atoms with Crippen LogP contribution in [-0.2, 0) is 9.53 Å². The number of nitrogens with two attached hydrogens (primary N) is 1. The van der Waals surface area contributed by atoms with Crippen molar-refractivity contribution in [3.05, 3.63) is 0 Å². The molecular weight excluding hydrogens is 192 g/mol. The van der Waals surface area contributed by atoms with Crippen LogP contribution in [0.25, 0.3) is 0 Å². The third-order valence-corrected chi connectivity index (χ3v) is 2.31. The van der Waals surface area contributed by atoms with Gasteiger partial charge in [0.05, 0.1) is 5.60 Å². The van der Waals surface area contributed by atoms with Crippen molar-refractivity contribution in [2.45, 2.75) is 52.2 Å². The third-order valence-electron chi connectivity index (χ3n) is 2.31. The Labute approximate surface area is 92.6 Å². The van der Waals surface area contributed by atoms with Gasteiger partial charge >= 0.3 is 0 Å². The van der Waals surface area contributed by atoms with Gasteiger partial charge in [0.1, 0.15) is 6.61 Å². The van der Waals surface area contributed by atoms with Gasteiger partial charge in [0.15, 0.2) is 0 Å². The Morgan fingerprint density at radius 3 is 2.20 bits per heavy atom. The Morgan fingerprint density at radius 2 is 1.87 bits per heavy atom. The summed E-state index contributed by atoms with van der Waals surface area (Å²) in [6, 6.07) is 0. The lowest BCUT2D eigenvalue weighted by molar-refractivity contribution is -0.132. The molecule has 1 unspecified atom stereocenters. The minimum Gasteiger partial charge on any atom is -0.366 e. The normalized spacial score (nSPS) is 15.9. The van der Waals surface area contributed by atoms with Crippen LogP contribution in [0.5, 0.6) is 0 Å². The maximum Gasteiger partial charge on any atom is 0.246 e. The highest BCUT2D eigenvalue weighted by molar-refractivity contribution is 5.78. The highest BCUT2D eigenvalue weighted by atomic mass is 16.5. The summed E-state index contributed by atoms with van der Waals surface area (Å²) in [6.07, 6.45) is 0.810. The van der Waals surface area contributed by atoms with Crippen LogP contribution in [0.4, 0.5) is 0 Å². The lowest BCUT2D eigenvalue weighted by atomic mass is 9.99. The minimum atomic E-state index is -0.321. The Bertz CT molecular complexity index is 205. The number of carbonyl (C=O) groups excluding carboxylic acids is 1. The lowest BCUT2D eigenvalue weighted by Crippen LogP contribution is -2.52. The van der Waals surface area contributed by atoms with Crippen LogP contribution < -0.4 is 11.1 Å². The first-order chi connectivity index (χ1) is 6.72. The highest BCUT2D eigenvalue weighted by Crippen LogP contribution is 2.08. The van der Waals surface area contributed by atoms with Gasteiger partial charge in [-0.1, -0.05) is 6.92 Å². The predicted octanol–water partition coefficient (Wildman–Crippen LogP) is 1.05. The molecule has 0 aromatic rings. The summed E-state index contributed by atoms with van der Waals surface area (Å²) in [5.41, 5.74) is 4.98. The molecule has 0 aliphatic rings. The Morgan fingerprint density at radius 1 is 1.33 bits per heavy atom. The van der Waals surface area contributed by atoms with Crippen molar-refractivity contribution in [3.8, 4) is 0 Å². The van der Waals surface area contributed by atoms with Crippen molar-refractivity contribution >= 4 is 5.91 Å². The largest absolute Gasteiger partial charge is 0.366 e. The molecule has 0 aromatic heterocycles. The molecule has 0 aliphatic heterocycles. The summed E-state index contributed by atoms with van der Waals surface area (Å²) in [4.78, 5) is 11.5. The van der Waals surface area contributed by atoms with Crippen LogP contribution in [0.15, 0.2) is 0 Å². The van der Waals surface area contributed by atoms with Crippen LogP contribution in [0.1, 0.15) is 41.0 Å². The second-order valence-corrected chi connectivity index (χ2v) is 5.07. The quantitative estimate of drug-likeness (QED) is 0.722. The molecule has 0 fully saturated rings. The number of ether oxygens (including phenoxy) is 1. The fourth-order valence-corrected chi connectivity index (χ4v) is 0.938. The van der Waals surface area contributed by atoms with Crippen molar-refractivity contribution < 1.29 is 9.53 Å². The minimum absolute atomic E-state index is 0.0824. The van der Waals surface area contributed by atoms with Crippen LogP contribution in [0.2, 0.25) is 0 Å². The molecule has 90 valence electrons. The van der Waals surface area contributed by atoms with Gasteiger partial charge in [-0.15, -0.1) is 0 Å². The second kappa shape index (κ2) is 5.47. The van der Waals surface area contributed by atoms with Crippen molar-refractivity contribution in [1.29, 1.82) is 0 Å². The molecule has 0 saturated carbocycles. The van der Waals surface area contributed by atoms with E-state index < -0.39 is 0 Å². The average molecular weight is 216 g/mol. The maximum atomic E-state index is 11.5. The molecule has 0 rings (SSSR count). The van der Waals surface area contributed by atoms with Crippen LogP contribution in [-0.4, -0.2) is 30.2 Å². The first kappa shape index (κ1) is 14.4. The molecule has 15 heavy (non-hydrogen) atoms. The molecule has 4 nitrogen and oxygen atoms in total. The highest BCUT2D eigenvalue weighted by Gasteiger charge is 2.23. The van der Waals surface area contributed by atoms with E-state index in [1.54, 1.807) is 0 Å². The van der Waals surface area contributed by atoms with Gasteiger partial charge in [-0.2, -0.15) is 0 Å². The summed E-state index contributed by atoms with van der Waals surface area (Å²) < 4.78 is 5.37. The zero-order valence-corrected chi connectivity index (χ0v) is 10.5. The van der Waals surface area contributed by atoms with Gasteiger partial charge in [-0.3, -0.25) is 4.79 Å². The fraction of sp³-hybridized carbons (Fsp3) is 0.909. The number of hydrogen-bond acceptors (Lipinski definition) is 3. The lowest BCUT2D eigenvalue weighted by Gasteiger charge is -2.28. The molecule has 0 aromatic carbocycles. The van der Waals surface area contributed by atoms with Crippen molar-refractivity contribution in [2.75, 3.05) is 13.2 Å². The number of amides is 1. The van der Waals surface area contributed by atoms with E-state index in [0.717, 1.165) is 6.42 Å². The predicted molar refractivity (Wildman–Crippen MR) is 61.6 cm³/mol. The van der Waals surface area contributed by atoms with E-state index in [1.165, 1.54) is 0 Å². The molecule has 3 N–H and O–H groups in total. The molecule has 1 atom stereocenters. The molecule has 0 saturated heterocycles. The van der Waals surface area contributed by atoms with Crippen LogP contribution in [0.3, 0.4) is 0 Å². The van der Waals surface area contributed by atoms with E-state index >= 15 is 0 Å². The maximum absolute atomic E-state index is 11.5. The Kier molecular flexibility index (Phi) is 5.24. The van der Waals surface area contributed by atoms with Gasteiger partial charge in [0.2, 0.25) is 5.91 Å². The van der Waals surface area contributed by atoms with Crippen LogP contribution >= 0.6 is 0 Å². The molecule has 0 radical (unpaired) electrons. The second-order valence-electron chi connectivity index (χ2n) is 5.07. The fourth-order valence-electron chi connectivity index (χ4n) is 0.938. The van der Waals surface area contributed by atoms with Crippen molar-refractivity contribution in [1.82, 2.24) is 5.32 Å². The number of nitrogens with one attached hydrogen (secondary N) is 1. The summed E-state index contributed by atoms with van der Waals surface area (Å²) in [6.45, 7) is 10.2. The molecule has 0 spiro atoms. The first-order valence-corrected chi connectivity index (χ1v) is 5.37. The molecule has 0 bridgehead atoms. The Hall–Kier alpha value is -0.610. The van der Waals surface area contributed by atoms with Gasteiger partial charge in [0.25, 0.3) is 0 Å². The summed E-state index contributed by atoms with van der Waals surface area (Å²) in [5.74, 6) is -0.111. The van der Waals surface area contributed by atoms with Gasteiger partial charge in [0, 0.05) is 12.1 Å². The Balaban J connectivity index is 4.04. The third kappa shape index (κ3) is 6.47. The smallest absolute Gasteiger partial charge is 0.246 e. The van der Waals surface area contributed by atoms with Gasteiger partial charge in [-0.25, -0.2) is 0 Å². The molecule has 0 heterocycles. The topological polar surface area (TPSA) is 64.3 Å². The zero-order valence-electron chi connectivity index (χ0n) is 10.5. The van der Waals surface area contributed by atoms with Gasteiger partial charge < -0.3 is 15.8 Å². The van der Waals surface area contributed by atoms with Crippen molar-refractivity contribution in [2.24, 2.45) is 5.73 Å². The molecule has 1 amide bonds. The van der Waals surface area contributed by atoms with E-state index in [-0.39, 0.29) is 23.7 Å². The summed E-state index contributed by atoms with van der Waals surface area (Å²) in [7, 11) is 0. The van der Waals surface area contributed by atoms with E-state index in [4.69, 9.17) is 10.5 Å². The molecular formula is C11H24N2O2. The summed E-state index contributed by atoms with van der Waals surface area (Å²) in [5, 5.41) is 2.88. The van der Waals surface area contributed by atoms with Crippen LogP contribution in [0, 0.1) is 0 Å². The monoisotopic (exact) mass is 216 g/mol. The van der Waals surface area contributed by atoms with E-state index in [0.29, 0.717) is 6.54 Å². The molecule has 4 heteroatoms. The van der Waals surface area contributed by atoms with Crippen molar-refractivity contribution in [3.63, 3.8) is 0 Å². The first-order valence-electron chi connectivity index (χ1n) is 5.37. The zero-order chi connectivity index (χ0) is 12.1. The number of carbonyl (C=O) groups is 1. The van der Waals surface area contributed by atoms with E-state index in [1.807, 2.05) is 34.6 Å². The number of hydrogen-bond donors (Lipinski definition) is 2.